The number of hydroxylamine groups is 2. The second kappa shape index (κ2) is 8.24. The Bertz CT molecular complexity index is 864. The normalized spacial score (nSPS) is 18.4. The van der Waals surface area contributed by atoms with Gasteiger partial charge in [-0.25, -0.2) is 4.79 Å². The van der Waals surface area contributed by atoms with E-state index in [4.69, 9.17) is 9.68 Å². The SMILES string of the molecule is CSc1ccccc1NC(=O)ON1CCC2(CC1)CC(c1ccccc1)=NO2. The quantitative estimate of drug-likeness (QED) is 0.768. The molecule has 6 nitrogen and oxygen atoms in total. The highest BCUT2D eigenvalue weighted by Gasteiger charge is 2.43. The first-order valence-corrected chi connectivity index (χ1v) is 10.6. The average molecular weight is 398 g/mol. The Balaban J connectivity index is 1.28. The van der Waals surface area contributed by atoms with Gasteiger partial charge in [-0.1, -0.05) is 47.6 Å². The minimum atomic E-state index is -0.467. The molecule has 1 fully saturated rings. The molecule has 2 aliphatic heterocycles. The summed E-state index contributed by atoms with van der Waals surface area (Å²) in [5.74, 6) is 0. The third kappa shape index (κ3) is 4.15. The predicted octanol–water partition coefficient (Wildman–Crippen LogP) is 4.53. The van der Waals surface area contributed by atoms with Crippen molar-refractivity contribution >= 4 is 29.3 Å². The summed E-state index contributed by atoms with van der Waals surface area (Å²) < 4.78 is 0. The van der Waals surface area contributed by atoms with Crippen molar-refractivity contribution in [2.75, 3.05) is 24.7 Å². The molecule has 1 amide bonds. The average Bonchev–Trinajstić information content (AvgIpc) is 3.15. The van der Waals surface area contributed by atoms with Crippen LogP contribution in [0.5, 0.6) is 0 Å². The van der Waals surface area contributed by atoms with E-state index >= 15 is 0 Å². The maximum absolute atomic E-state index is 12.3. The summed E-state index contributed by atoms with van der Waals surface area (Å²) in [6.45, 7) is 1.24. The van der Waals surface area contributed by atoms with E-state index in [2.05, 4.69) is 22.6 Å². The van der Waals surface area contributed by atoms with Crippen molar-refractivity contribution in [3.05, 3.63) is 60.2 Å². The number of thioether (sulfide) groups is 1. The zero-order valence-electron chi connectivity index (χ0n) is 15.8. The molecular formula is C21H23N3O3S. The maximum atomic E-state index is 12.3. The van der Waals surface area contributed by atoms with Crippen molar-refractivity contribution in [3.8, 4) is 0 Å². The van der Waals surface area contributed by atoms with E-state index in [9.17, 15) is 4.79 Å². The maximum Gasteiger partial charge on any atom is 0.430 e. The van der Waals surface area contributed by atoms with E-state index in [0.29, 0.717) is 13.1 Å². The Kier molecular flexibility index (Phi) is 5.54. The zero-order chi connectivity index (χ0) is 19.4. The van der Waals surface area contributed by atoms with Crippen LogP contribution in [0.15, 0.2) is 64.6 Å². The van der Waals surface area contributed by atoms with Gasteiger partial charge in [0.25, 0.3) is 0 Å². The smallest absolute Gasteiger partial charge is 0.388 e. The third-order valence-corrected chi connectivity index (χ3v) is 5.93. The van der Waals surface area contributed by atoms with Gasteiger partial charge in [-0.2, -0.15) is 0 Å². The summed E-state index contributed by atoms with van der Waals surface area (Å²) in [6, 6.07) is 17.8. The predicted molar refractivity (Wildman–Crippen MR) is 111 cm³/mol. The molecule has 28 heavy (non-hydrogen) atoms. The van der Waals surface area contributed by atoms with Gasteiger partial charge in [-0.05, 0) is 24.0 Å². The summed E-state index contributed by atoms with van der Waals surface area (Å²) in [5.41, 5.74) is 2.56. The summed E-state index contributed by atoms with van der Waals surface area (Å²) in [7, 11) is 0. The highest BCUT2D eigenvalue weighted by Crippen LogP contribution is 2.36. The Morgan fingerprint density at radius 3 is 2.61 bits per heavy atom. The largest absolute Gasteiger partial charge is 0.430 e. The summed E-state index contributed by atoms with van der Waals surface area (Å²) in [4.78, 5) is 24.6. The van der Waals surface area contributed by atoms with Crippen molar-refractivity contribution in [3.63, 3.8) is 0 Å². The van der Waals surface area contributed by atoms with Gasteiger partial charge >= 0.3 is 6.09 Å². The monoisotopic (exact) mass is 397 g/mol. The van der Waals surface area contributed by atoms with E-state index in [-0.39, 0.29) is 5.60 Å². The van der Waals surface area contributed by atoms with Crippen LogP contribution in [-0.2, 0) is 9.68 Å². The summed E-state index contributed by atoms with van der Waals surface area (Å²) in [6.07, 6.45) is 3.83. The highest BCUT2D eigenvalue weighted by molar-refractivity contribution is 7.98. The molecule has 1 N–H and O–H groups in total. The topological polar surface area (TPSA) is 63.2 Å². The number of para-hydroxylation sites is 1. The number of hydrogen-bond acceptors (Lipinski definition) is 6. The third-order valence-electron chi connectivity index (χ3n) is 5.14. The Morgan fingerprint density at radius 1 is 1.14 bits per heavy atom. The van der Waals surface area contributed by atoms with Crippen LogP contribution >= 0.6 is 11.8 Å². The molecule has 4 rings (SSSR count). The number of carbonyl (C=O) groups excluding carboxylic acids is 1. The minimum Gasteiger partial charge on any atom is -0.388 e. The van der Waals surface area contributed by atoms with Crippen molar-refractivity contribution < 1.29 is 14.5 Å². The van der Waals surface area contributed by atoms with Crippen LogP contribution in [0.1, 0.15) is 24.8 Å². The zero-order valence-corrected chi connectivity index (χ0v) is 16.6. The van der Waals surface area contributed by atoms with Crippen LogP contribution < -0.4 is 5.32 Å². The molecule has 2 heterocycles. The van der Waals surface area contributed by atoms with Crippen LogP contribution in [0.4, 0.5) is 10.5 Å². The van der Waals surface area contributed by atoms with Gasteiger partial charge in [0, 0.05) is 37.2 Å². The molecule has 0 aromatic heterocycles. The lowest BCUT2D eigenvalue weighted by molar-refractivity contribution is -0.154. The van der Waals surface area contributed by atoms with Crippen LogP contribution in [-0.4, -0.2) is 41.8 Å². The summed E-state index contributed by atoms with van der Waals surface area (Å²) in [5, 5.41) is 8.84. The minimum absolute atomic E-state index is 0.285. The number of hydrogen-bond donors (Lipinski definition) is 1. The van der Waals surface area contributed by atoms with Gasteiger partial charge in [0.15, 0.2) is 0 Å². The van der Waals surface area contributed by atoms with Crippen molar-refractivity contribution in [2.45, 2.75) is 29.8 Å². The van der Waals surface area contributed by atoms with Gasteiger partial charge in [0.2, 0.25) is 0 Å². The second-order valence-corrected chi connectivity index (χ2v) is 7.84. The highest BCUT2D eigenvalue weighted by atomic mass is 32.2. The lowest BCUT2D eigenvalue weighted by atomic mass is 9.86. The lowest BCUT2D eigenvalue weighted by Crippen LogP contribution is -2.45. The van der Waals surface area contributed by atoms with Crippen molar-refractivity contribution in [2.24, 2.45) is 5.16 Å². The van der Waals surface area contributed by atoms with Gasteiger partial charge in [0.1, 0.15) is 5.60 Å². The van der Waals surface area contributed by atoms with Crippen LogP contribution in [0, 0.1) is 0 Å². The van der Waals surface area contributed by atoms with E-state index in [1.807, 2.05) is 48.7 Å². The molecule has 2 aliphatic rings. The molecule has 2 aromatic carbocycles. The number of nitrogens with zero attached hydrogens (tertiary/aromatic N) is 2. The van der Waals surface area contributed by atoms with Gasteiger partial charge < -0.3 is 9.68 Å². The lowest BCUT2D eigenvalue weighted by Gasteiger charge is -2.35. The fourth-order valence-electron chi connectivity index (χ4n) is 3.56. The Morgan fingerprint density at radius 2 is 1.86 bits per heavy atom. The van der Waals surface area contributed by atoms with Gasteiger partial charge in [-0.15, -0.1) is 16.8 Å². The number of anilines is 1. The first kappa shape index (κ1) is 18.8. The van der Waals surface area contributed by atoms with E-state index in [1.165, 1.54) is 0 Å². The molecule has 0 atom stereocenters. The number of benzene rings is 2. The van der Waals surface area contributed by atoms with Crippen LogP contribution in [0.2, 0.25) is 0 Å². The number of carbonyl (C=O) groups is 1. The van der Waals surface area contributed by atoms with Crippen LogP contribution in [0.25, 0.3) is 0 Å². The molecule has 7 heteroatoms. The van der Waals surface area contributed by atoms with Gasteiger partial charge in [-0.3, -0.25) is 5.32 Å². The molecule has 1 saturated heterocycles. The first-order chi connectivity index (χ1) is 13.7. The number of amides is 1. The molecule has 0 radical (unpaired) electrons. The van der Waals surface area contributed by atoms with E-state index in [0.717, 1.165) is 41.1 Å². The molecule has 146 valence electrons. The van der Waals surface area contributed by atoms with Crippen LogP contribution in [0.3, 0.4) is 0 Å². The fourth-order valence-corrected chi connectivity index (χ4v) is 4.11. The number of rotatable bonds is 4. The molecule has 2 aromatic rings. The Labute approximate surface area is 168 Å². The molecule has 1 spiro atoms. The standard InChI is InChI=1S/C21H23N3O3S/c1-28-19-10-6-5-9-17(19)22-20(25)26-24-13-11-21(12-14-24)15-18(23-27-21)16-7-3-2-4-8-16/h2-10H,11-15H2,1H3,(H,22,25). The molecule has 0 bridgehead atoms. The second-order valence-electron chi connectivity index (χ2n) is 6.99. The number of nitrogens with one attached hydrogen (secondary N) is 1. The summed E-state index contributed by atoms with van der Waals surface area (Å²) >= 11 is 1.58. The van der Waals surface area contributed by atoms with Gasteiger partial charge in [0.05, 0.1) is 11.4 Å². The molecule has 0 unspecified atom stereocenters. The number of piperidine rings is 1. The fraction of sp³-hybridized carbons (Fsp3) is 0.333. The van der Waals surface area contributed by atoms with E-state index in [1.54, 1.807) is 16.8 Å². The molecular weight excluding hydrogens is 374 g/mol. The van der Waals surface area contributed by atoms with E-state index < -0.39 is 6.09 Å². The van der Waals surface area contributed by atoms with Crippen molar-refractivity contribution in [1.29, 1.82) is 0 Å². The number of oxime groups is 1. The molecule has 0 saturated carbocycles. The molecule has 0 aliphatic carbocycles. The first-order valence-electron chi connectivity index (χ1n) is 9.35. The van der Waals surface area contributed by atoms with Crippen molar-refractivity contribution in [1.82, 2.24) is 5.06 Å². The Hall–Kier alpha value is -2.51.